The van der Waals surface area contributed by atoms with Gasteiger partial charge in [-0.25, -0.2) is 4.79 Å². The predicted octanol–water partition coefficient (Wildman–Crippen LogP) is 5.59. The molecule has 1 amide bonds. The number of aliphatic hydroxyl groups is 2. The van der Waals surface area contributed by atoms with E-state index < -0.39 is 145 Å². The van der Waals surface area contributed by atoms with Crippen molar-refractivity contribution in [3.8, 4) is 6.07 Å². The number of rotatable bonds is 14. The average molecular weight is 1110 g/mol. The van der Waals surface area contributed by atoms with Crippen LogP contribution in [0.5, 0.6) is 0 Å². The zero-order chi connectivity index (χ0) is 58.1. The molecule has 0 spiro atoms. The highest BCUT2D eigenvalue weighted by molar-refractivity contribution is 5.91. The molecular formula is C57H95N3O18. The number of hydrogen-bond donors (Lipinski definition) is 2. The summed E-state index contributed by atoms with van der Waals surface area (Å²) in [6.07, 6.45) is -12.4. The minimum atomic E-state index is -1.94. The Morgan fingerprint density at radius 1 is 0.833 bits per heavy atom. The van der Waals surface area contributed by atoms with E-state index in [1.54, 1.807) is 48.5 Å². The first-order valence-electron chi connectivity index (χ1n) is 28.3. The van der Waals surface area contributed by atoms with Crippen molar-refractivity contribution >= 4 is 23.8 Å². The van der Waals surface area contributed by atoms with Crippen LogP contribution in [0, 0.1) is 52.8 Å². The van der Waals surface area contributed by atoms with Crippen LogP contribution in [0.1, 0.15) is 123 Å². The lowest BCUT2D eigenvalue weighted by Gasteiger charge is -2.45. The van der Waals surface area contributed by atoms with E-state index >= 15 is 9.59 Å². The number of allylic oxidation sites excluding steroid dienone is 1. The Labute approximate surface area is 463 Å². The Balaban J connectivity index is 1.71. The molecule has 0 bridgehead atoms. The minimum Gasteiger partial charge on any atom is -0.461 e. The summed E-state index contributed by atoms with van der Waals surface area (Å²) in [6.45, 7) is 26.4. The number of nitrogens with zero attached hydrogens (tertiary/aromatic N) is 3. The Morgan fingerprint density at radius 2 is 1.51 bits per heavy atom. The molecule has 0 aromatic carbocycles. The Kier molecular flexibility index (Phi) is 24.4. The average Bonchev–Trinajstić information content (AvgIpc) is 3.56. The molecule has 5 rings (SSSR count). The third kappa shape index (κ3) is 16.4. The van der Waals surface area contributed by atoms with Crippen LogP contribution in [-0.4, -0.2) is 202 Å². The molecule has 21 heteroatoms. The number of ketones is 1. The monoisotopic (exact) mass is 1110 g/mol. The molecule has 0 radical (unpaired) electrons. The van der Waals surface area contributed by atoms with Crippen LogP contribution < -0.4 is 0 Å². The highest BCUT2D eigenvalue weighted by Gasteiger charge is 2.53. The van der Waals surface area contributed by atoms with E-state index in [0.29, 0.717) is 18.5 Å². The largest absolute Gasteiger partial charge is 0.461 e. The lowest BCUT2D eigenvalue weighted by Crippen LogP contribution is -2.59. The van der Waals surface area contributed by atoms with E-state index in [1.165, 1.54) is 25.2 Å². The van der Waals surface area contributed by atoms with Crippen LogP contribution >= 0.6 is 0 Å². The number of Topliss-reactive ketones (excluding diaryl/α,β-unsaturated/α-hetero) is 1. The summed E-state index contributed by atoms with van der Waals surface area (Å²) < 4.78 is 76.3. The van der Waals surface area contributed by atoms with Gasteiger partial charge in [-0.3, -0.25) is 14.4 Å². The highest BCUT2D eigenvalue weighted by Crippen LogP contribution is 2.41. The summed E-state index contributed by atoms with van der Waals surface area (Å²) in [4.78, 5) is 63.4. The summed E-state index contributed by atoms with van der Waals surface area (Å²) >= 11 is 0. The fourth-order valence-electron chi connectivity index (χ4n) is 12.1. The first kappa shape index (κ1) is 65.4. The van der Waals surface area contributed by atoms with Gasteiger partial charge in [-0.2, -0.15) is 5.26 Å². The van der Waals surface area contributed by atoms with Crippen LogP contribution in [0.3, 0.4) is 0 Å². The quantitative estimate of drug-likeness (QED) is 0.122. The van der Waals surface area contributed by atoms with Crippen molar-refractivity contribution in [2.45, 2.75) is 226 Å². The fraction of sp³-hybridized carbons (Fsp3) is 0.877. The molecule has 5 aliphatic rings. The molecule has 23 atom stereocenters. The van der Waals surface area contributed by atoms with Crippen LogP contribution in [0.4, 0.5) is 4.79 Å². The van der Waals surface area contributed by atoms with E-state index in [1.807, 2.05) is 54.7 Å². The Bertz CT molecular complexity index is 2040. The van der Waals surface area contributed by atoms with Crippen LogP contribution in [0.15, 0.2) is 11.6 Å². The summed E-state index contributed by atoms with van der Waals surface area (Å²) in [5, 5.41) is 32.5. The maximum Gasteiger partial charge on any atom is 0.410 e. The lowest BCUT2D eigenvalue weighted by molar-refractivity contribution is -0.305. The second-order valence-electron chi connectivity index (χ2n) is 23.8. The fourth-order valence-corrected chi connectivity index (χ4v) is 12.1. The lowest BCUT2D eigenvalue weighted by atomic mass is 9.74. The topological polar surface area (TPSA) is 250 Å². The van der Waals surface area contributed by atoms with Crippen molar-refractivity contribution in [1.82, 2.24) is 9.80 Å². The third-order valence-electron chi connectivity index (χ3n) is 16.5. The van der Waals surface area contributed by atoms with Gasteiger partial charge in [-0.05, 0) is 85.8 Å². The third-order valence-corrected chi connectivity index (χ3v) is 16.5. The number of carbonyl (C=O) groups is 4. The molecule has 2 N–H and O–H groups in total. The molecule has 0 aliphatic carbocycles. The molecule has 446 valence electrons. The van der Waals surface area contributed by atoms with Crippen LogP contribution in [-0.2, 0) is 71.2 Å². The van der Waals surface area contributed by atoms with E-state index in [0.717, 1.165) is 0 Å². The first-order chi connectivity index (χ1) is 36.6. The van der Waals surface area contributed by atoms with Gasteiger partial charge in [0.05, 0.1) is 74.3 Å². The van der Waals surface area contributed by atoms with Gasteiger partial charge in [0.2, 0.25) is 0 Å². The molecule has 5 heterocycles. The maximum absolute atomic E-state index is 15.9. The molecule has 0 saturated carbocycles. The number of likely N-dealkylation sites (N-methyl/N-ethyl adjacent to an activating group) is 1. The van der Waals surface area contributed by atoms with Crippen molar-refractivity contribution in [1.29, 1.82) is 5.26 Å². The van der Waals surface area contributed by atoms with Gasteiger partial charge < -0.3 is 76.9 Å². The van der Waals surface area contributed by atoms with Gasteiger partial charge in [0.15, 0.2) is 30.3 Å². The van der Waals surface area contributed by atoms with Gasteiger partial charge in [0.1, 0.15) is 36.6 Å². The number of ether oxygens (including phenoxy) is 12. The van der Waals surface area contributed by atoms with E-state index in [4.69, 9.17) is 56.8 Å². The minimum absolute atomic E-state index is 0.00939. The van der Waals surface area contributed by atoms with Crippen LogP contribution in [0.25, 0.3) is 0 Å². The number of hydrogen-bond acceptors (Lipinski definition) is 20. The molecule has 5 aliphatic heterocycles. The van der Waals surface area contributed by atoms with Gasteiger partial charge >= 0.3 is 18.0 Å². The zero-order valence-corrected chi connectivity index (χ0v) is 49.5. The summed E-state index contributed by atoms with van der Waals surface area (Å²) in [7, 11) is 4.92. The second kappa shape index (κ2) is 29.0. The molecular weight excluding hydrogens is 1010 g/mol. The normalized spacial score (nSPS) is 42.0. The molecule has 0 unspecified atom stereocenters. The number of methoxy groups -OCH3 is 2. The van der Waals surface area contributed by atoms with Crippen molar-refractivity contribution < 1.29 is 86.2 Å². The van der Waals surface area contributed by atoms with Gasteiger partial charge in [-0.15, -0.1) is 0 Å². The summed E-state index contributed by atoms with van der Waals surface area (Å²) in [5.41, 5.74) is -1.53. The predicted molar refractivity (Wildman–Crippen MR) is 283 cm³/mol. The van der Waals surface area contributed by atoms with Gasteiger partial charge in [-0.1, -0.05) is 48.5 Å². The summed E-state index contributed by atoms with van der Waals surface area (Å²) in [6, 6.07) is 2.03. The Morgan fingerprint density at radius 3 is 2.14 bits per heavy atom. The number of morpholine rings is 1. The number of aliphatic hydroxyl groups excluding tert-OH is 2. The molecule has 5 fully saturated rings. The zero-order valence-electron chi connectivity index (χ0n) is 49.5. The van der Waals surface area contributed by atoms with Crippen molar-refractivity contribution in [3.63, 3.8) is 0 Å². The van der Waals surface area contributed by atoms with E-state index in [-0.39, 0.29) is 69.7 Å². The number of esters is 2. The molecule has 0 aromatic heterocycles. The molecule has 78 heavy (non-hydrogen) atoms. The van der Waals surface area contributed by atoms with Crippen LogP contribution in [0.2, 0.25) is 0 Å². The van der Waals surface area contributed by atoms with Gasteiger partial charge in [0.25, 0.3) is 0 Å². The number of nitriles is 1. The SMILES string of the molecule is CO[C@@H]1[C@H](O)[C@@H](C)O[C@@H](OC[C@H](C)[C@H]2OC(=O)[C@H](C)[C@@H](O[C@H]3C[C@@H](C)N(C)C[C@H](C)O3)[C@H](C)[C@@H](O[C@@H]3O[C@H](C)C/C(=C\C#N)[C@H]3O)[C@@H](C)C[C@](C)(OC(=O)N3CCO[C@H](C)C3)C(=O)[C@H](C)[C@H](OC(=O)CC(C)C)[C@H]2C)[C@@H]1OC. The Hall–Kier alpha value is -3.37. The van der Waals surface area contributed by atoms with E-state index in [2.05, 4.69) is 11.8 Å². The van der Waals surface area contributed by atoms with Crippen molar-refractivity contribution in [3.05, 3.63) is 11.6 Å². The second-order valence-corrected chi connectivity index (χ2v) is 23.8. The smallest absolute Gasteiger partial charge is 0.410 e. The first-order valence-corrected chi connectivity index (χ1v) is 28.3. The summed E-state index contributed by atoms with van der Waals surface area (Å²) in [5.74, 6) is -7.36. The van der Waals surface area contributed by atoms with Crippen molar-refractivity contribution in [2.75, 3.05) is 54.1 Å². The van der Waals surface area contributed by atoms with Crippen molar-refractivity contribution in [2.24, 2.45) is 41.4 Å². The van der Waals surface area contributed by atoms with Gasteiger partial charge in [0, 0.05) is 70.0 Å². The number of amides is 1. The maximum atomic E-state index is 15.9. The standard InChI is InChI=1S/C57H95N3O18/c1-29(2)22-42(61)74-48-37(10)47(31(4)28-70-55-51(68-17)50(67-16)44(62)40(13)73-55)76-53(65)39(12)49(75-43-23-32(5)59(15)26-35(8)71-43)36(9)46(77-54-45(63)41(18-19-58)24-33(6)72-54)30(3)25-57(14,52(64)38(48)11)78-56(66)60-20-21-69-34(7)27-60/h18,29-40,43-51,54-55,62-63H,20-28H2,1-17H3/b41-18+/t30-,31-,32+,33+,34+,35-,36+,37-,38+,39+,40+,43-,44+,45+,46-,47+,48+,49-,50+,51+,54-,55+,57-/m0/s1. The highest BCUT2D eigenvalue weighted by atomic mass is 16.7. The molecule has 5 saturated heterocycles. The van der Waals surface area contributed by atoms with E-state index in [9.17, 15) is 25.1 Å². The number of carbonyl (C=O) groups excluding carboxylic acids is 4. The number of cyclic esters (lactones) is 1. The molecule has 21 nitrogen and oxygen atoms in total. The molecule has 0 aromatic rings.